The second-order valence-electron chi connectivity index (χ2n) is 5.70. The smallest absolute Gasteiger partial charge is 0.274 e. The molecule has 0 unspecified atom stereocenters. The largest absolute Gasteiger partial charge is 0.332 e. The average Bonchev–Trinajstić information content (AvgIpc) is 2.53. The van der Waals surface area contributed by atoms with Crippen LogP contribution in [0.15, 0.2) is 36.7 Å². The summed E-state index contributed by atoms with van der Waals surface area (Å²) in [5.41, 5.74) is 2.18. The summed E-state index contributed by atoms with van der Waals surface area (Å²) in [6.45, 7) is 3.75. The molecule has 0 spiro atoms. The SMILES string of the molecule is Cc1cnc(C(=O)N(CCN(C)C)Cc2ccc(Cl)cc2)cn1. The van der Waals surface area contributed by atoms with Crippen LogP contribution in [0.4, 0.5) is 0 Å². The Bertz CT molecular complexity index is 641. The van der Waals surface area contributed by atoms with Gasteiger partial charge >= 0.3 is 0 Å². The highest BCUT2D eigenvalue weighted by molar-refractivity contribution is 6.30. The van der Waals surface area contributed by atoms with E-state index in [1.807, 2.05) is 50.2 Å². The Morgan fingerprint density at radius 2 is 1.78 bits per heavy atom. The molecule has 1 aromatic heterocycles. The number of amides is 1. The number of aryl methyl sites for hydroxylation is 1. The van der Waals surface area contributed by atoms with Crippen molar-refractivity contribution >= 4 is 17.5 Å². The van der Waals surface area contributed by atoms with Crippen molar-refractivity contribution in [1.29, 1.82) is 0 Å². The van der Waals surface area contributed by atoms with Gasteiger partial charge in [-0.15, -0.1) is 0 Å². The fourth-order valence-electron chi connectivity index (χ4n) is 2.05. The van der Waals surface area contributed by atoms with E-state index in [1.165, 1.54) is 6.20 Å². The quantitative estimate of drug-likeness (QED) is 0.816. The van der Waals surface area contributed by atoms with Crippen LogP contribution < -0.4 is 0 Å². The van der Waals surface area contributed by atoms with Gasteiger partial charge in [0, 0.05) is 30.9 Å². The molecule has 0 fully saturated rings. The molecule has 1 aromatic carbocycles. The average molecular weight is 333 g/mol. The molecule has 23 heavy (non-hydrogen) atoms. The normalized spacial score (nSPS) is 10.8. The second-order valence-corrected chi connectivity index (χ2v) is 6.14. The van der Waals surface area contributed by atoms with Gasteiger partial charge in [0.2, 0.25) is 0 Å². The number of nitrogens with zero attached hydrogens (tertiary/aromatic N) is 4. The molecule has 5 nitrogen and oxygen atoms in total. The van der Waals surface area contributed by atoms with Crippen molar-refractivity contribution in [3.05, 3.63) is 58.6 Å². The van der Waals surface area contributed by atoms with E-state index < -0.39 is 0 Å². The summed E-state index contributed by atoms with van der Waals surface area (Å²) in [5, 5.41) is 0.685. The highest BCUT2D eigenvalue weighted by Crippen LogP contribution is 2.13. The topological polar surface area (TPSA) is 49.3 Å². The summed E-state index contributed by atoms with van der Waals surface area (Å²) >= 11 is 5.92. The van der Waals surface area contributed by atoms with Crippen molar-refractivity contribution in [3.8, 4) is 0 Å². The molecule has 0 atom stereocenters. The number of aromatic nitrogens is 2. The van der Waals surface area contributed by atoms with Gasteiger partial charge in [0.1, 0.15) is 5.69 Å². The van der Waals surface area contributed by atoms with Crippen LogP contribution >= 0.6 is 11.6 Å². The lowest BCUT2D eigenvalue weighted by molar-refractivity contribution is 0.0725. The van der Waals surface area contributed by atoms with Gasteiger partial charge in [-0.05, 0) is 38.7 Å². The molecule has 2 aromatic rings. The molecule has 0 saturated carbocycles. The van der Waals surface area contributed by atoms with E-state index in [0.717, 1.165) is 17.8 Å². The number of hydrogen-bond acceptors (Lipinski definition) is 4. The number of likely N-dealkylation sites (N-methyl/N-ethyl adjacent to an activating group) is 1. The predicted molar refractivity (Wildman–Crippen MR) is 91.5 cm³/mol. The lowest BCUT2D eigenvalue weighted by atomic mass is 10.2. The zero-order valence-electron chi connectivity index (χ0n) is 13.7. The molecule has 0 N–H and O–H groups in total. The Morgan fingerprint density at radius 3 is 2.35 bits per heavy atom. The third-order valence-corrected chi connectivity index (χ3v) is 3.64. The van der Waals surface area contributed by atoms with E-state index in [1.54, 1.807) is 11.1 Å². The molecule has 0 aliphatic rings. The van der Waals surface area contributed by atoms with Crippen LogP contribution in [0.2, 0.25) is 5.02 Å². The fraction of sp³-hybridized carbons (Fsp3) is 0.353. The number of carbonyl (C=O) groups excluding carboxylic acids is 1. The summed E-state index contributed by atoms with van der Waals surface area (Å²) in [6, 6.07) is 7.52. The molecule has 6 heteroatoms. The number of hydrogen-bond donors (Lipinski definition) is 0. The number of halogens is 1. The highest BCUT2D eigenvalue weighted by atomic mass is 35.5. The van der Waals surface area contributed by atoms with E-state index in [2.05, 4.69) is 9.97 Å². The first-order valence-electron chi connectivity index (χ1n) is 7.43. The van der Waals surface area contributed by atoms with Crippen LogP contribution in [0.3, 0.4) is 0 Å². The highest BCUT2D eigenvalue weighted by Gasteiger charge is 2.18. The zero-order valence-corrected chi connectivity index (χ0v) is 14.4. The Labute approximate surface area is 141 Å². The third-order valence-electron chi connectivity index (χ3n) is 3.39. The second kappa shape index (κ2) is 8.04. The van der Waals surface area contributed by atoms with Gasteiger partial charge in [-0.3, -0.25) is 9.78 Å². The lowest BCUT2D eigenvalue weighted by Gasteiger charge is -2.24. The fourth-order valence-corrected chi connectivity index (χ4v) is 2.17. The van der Waals surface area contributed by atoms with E-state index in [-0.39, 0.29) is 5.91 Å². The van der Waals surface area contributed by atoms with Crippen molar-refractivity contribution in [1.82, 2.24) is 19.8 Å². The first-order chi connectivity index (χ1) is 11.0. The Morgan fingerprint density at radius 1 is 1.09 bits per heavy atom. The maximum atomic E-state index is 12.7. The van der Waals surface area contributed by atoms with E-state index in [9.17, 15) is 4.79 Å². The van der Waals surface area contributed by atoms with Gasteiger partial charge in [0.25, 0.3) is 5.91 Å². The molecule has 0 aliphatic heterocycles. The number of rotatable bonds is 6. The van der Waals surface area contributed by atoms with Crippen LogP contribution in [-0.4, -0.2) is 52.9 Å². The molecule has 0 bridgehead atoms. The van der Waals surface area contributed by atoms with Crippen LogP contribution in [0.25, 0.3) is 0 Å². The molecule has 0 saturated heterocycles. The summed E-state index contributed by atoms with van der Waals surface area (Å²) in [4.78, 5) is 24.9. The van der Waals surface area contributed by atoms with Crippen molar-refractivity contribution in [2.45, 2.75) is 13.5 Å². The minimum absolute atomic E-state index is 0.116. The minimum Gasteiger partial charge on any atom is -0.332 e. The first kappa shape index (κ1) is 17.4. The number of benzene rings is 1. The van der Waals surface area contributed by atoms with Crippen LogP contribution in [-0.2, 0) is 6.54 Å². The predicted octanol–water partition coefficient (Wildman–Crippen LogP) is 2.64. The van der Waals surface area contributed by atoms with Crippen LogP contribution in [0.5, 0.6) is 0 Å². The van der Waals surface area contributed by atoms with Crippen LogP contribution in [0.1, 0.15) is 21.7 Å². The van der Waals surface area contributed by atoms with E-state index >= 15 is 0 Å². The van der Waals surface area contributed by atoms with E-state index in [0.29, 0.717) is 23.8 Å². The van der Waals surface area contributed by atoms with Crippen LogP contribution in [0, 0.1) is 6.92 Å². The number of carbonyl (C=O) groups is 1. The van der Waals surface area contributed by atoms with Gasteiger partial charge in [0.15, 0.2) is 0 Å². The van der Waals surface area contributed by atoms with E-state index in [4.69, 9.17) is 11.6 Å². The molecule has 1 heterocycles. The van der Waals surface area contributed by atoms with Crippen molar-refractivity contribution in [2.75, 3.05) is 27.2 Å². The lowest BCUT2D eigenvalue weighted by Crippen LogP contribution is -2.36. The maximum Gasteiger partial charge on any atom is 0.274 e. The Hall–Kier alpha value is -1.98. The van der Waals surface area contributed by atoms with Gasteiger partial charge in [-0.2, -0.15) is 0 Å². The van der Waals surface area contributed by atoms with Gasteiger partial charge in [-0.1, -0.05) is 23.7 Å². The first-order valence-corrected chi connectivity index (χ1v) is 7.80. The molecule has 122 valence electrons. The summed E-state index contributed by atoms with van der Waals surface area (Å²) < 4.78 is 0. The third kappa shape index (κ3) is 5.30. The minimum atomic E-state index is -0.116. The van der Waals surface area contributed by atoms with Crippen molar-refractivity contribution < 1.29 is 4.79 Å². The molecular formula is C17H21ClN4O. The standard InChI is InChI=1S/C17H21ClN4O/c1-13-10-20-16(11-19-13)17(23)22(9-8-21(2)3)12-14-4-6-15(18)7-5-14/h4-7,10-11H,8-9,12H2,1-3H3. The van der Waals surface area contributed by atoms with Gasteiger partial charge < -0.3 is 9.80 Å². The van der Waals surface area contributed by atoms with Gasteiger partial charge in [0.05, 0.1) is 11.9 Å². The Balaban J connectivity index is 2.16. The summed E-state index contributed by atoms with van der Waals surface area (Å²) in [7, 11) is 3.97. The summed E-state index contributed by atoms with van der Waals surface area (Å²) in [5.74, 6) is -0.116. The Kier molecular flexibility index (Phi) is 6.07. The van der Waals surface area contributed by atoms with Crippen molar-refractivity contribution in [2.24, 2.45) is 0 Å². The molecular weight excluding hydrogens is 312 g/mol. The molecule has 2 rings (SSSR count). The molecule has 0 radical (unpaired) electrons. The summed E-state index contributed by atoms with van der Waals surface area (Å²) in [6.07, 6.45) is 3.14. The maximum absolute atomic E-state index is 12.7. The van der Waals surface area contributed by atoms with Gasteiger partial charge in [-0.25, -0.2) is 4.98 Å². The zero-order chi connectivity index (χ0) is 16.8. The monoisotopic (exact) mass is 332 g/mol. The molecule has 0 aliphatic carbocycles. The molecule has 1 amide bonds. The van der Waals surface area contributed by atoms with Crippen molar-refractivity contribution in [3.63, 3.8) is 0 Å².